The number of ether oxygens (including phenoxy) is 1. The first kappa shape index (κ1) is 11.9. The molecule has 2 unspecified atom stereocenters. The molecule has 0 fully saturated rings. The maximum absolute atomic E-state index is 5.81. The molecule has 0 aliphatic rings. The molecule has 15 heavy (non-hydrogen) atoms. The molecule has 4 nitrogen and oxygen atoms in total. The molecule has 0 aromatic carbocycles. The van der Waals surface area contributed by atoms with Crippen LogP contribution in [0.15, 0.2) is 12.4 Å². The molecule has 1 aromatic heterocycles. The van der Waals surface area contributed by atoms with E-state index in [2.05, 4.69) is 9.97 Å². The summed E-state index contributed by atoms with van der Waals surface area (Å²) in [7, 11) is 0. The van der Waals surface area contributed by atoms with Crippen LogP contribution in [0.3, 0.4) is 0 Å². The van der Waals surface area contributed by atoms with Crippen molar-refractivity contribution in [1.82, 2.24) is 9.97 Å². The van der Waals surface area contributed by atoms with E-state index in [-0.39, 0.29) is 18.1 Å². The quantitative estimate of drug-likeness (QED) is 0.820. The predicted molar refractivity (Wildman–Crippen MR) is 59.9 cm³/mol. The summed E-state index contributed by atoms with van der Waals surface area (Å²) < 4.78 is 5.47. The molecule has 2 atom stereocenters. The molecule has 84 valence electrons. The first-order valence-electron chi connectivity index (χ1n) is 5.25. The van der Waals surface area contributed by atoms with Gasteiger partial charge in [-0.15, -0.1) is 0 Å². The molecule has 2 N–H and O–H groups in total. The van der Waals surface area contributed by atoms with E-state index >= 15 is 0 Å². The number of hydrogen-bond donors (Lipinski definition) is 1. The van der Waals surface area contributed by atoms with Crippen molar-refractivity contribution in [3.05, 3.63) is 18.1 Å². The average Bonchev–Trinajstić information content (AvgIpc) is 2.16. The largest absolute Gasteiger partial charge is 0.474 e. The molecule has 0 saturated heterocycles. The van der Waals surface area contributed by atoms with Crippen LogP contribution in [0.4, 0.5) is 0 Å². The van der Waals surface area contributed by atoms with Gasteiger partial charge in [0, 0.05) is 18.2 Å². The van der Waals surface area contributed by atoms with Gasteiger partial charge in [-0.25, -0.2) is 4.98 Å². The standard InChI is InChI=1S/C11H19N3O/c1-7(2)15-11-6-13-5-10(14-11)8(3)9(4)12/h5-9H,12H2,1-4H3. The fraction of sp³-hybridized carbons (Fsp3) is 0.636. The van der Waals surface area contributed by atoms with Gasteiger partial charge in [-0.05, 0) is 20.8 Å². The maximum atomic E-state index is 5.81. The highest BCUT2D eigenvalue weighted by molar-refractivity contribution is 5.13. The van der Waals surface area contributed by atoms with Gasteiger partial charge in [0.1, 0.15) is 0 Å². The van der Waals surface area contributed by atoms with Gasteiger partial charge in [-0.2, -0.15) is 0 Å². The van der Waals surface area contributed by atoms with Crippen LogP contribution < -0.4 is 10.5 Å². The fourth-order valence-corrected chi connectivity index (χ4v) is 1.15. The van der Waals surface area contributed by atoms with Gasteiger partial charge >= 0.3 is 0 Å². The highest BCUT2D eigenvalue weighted by Crippen LogP contribution is 2.17. The number of rotatable bonds is 4. The lowest BCUT2D eigenvalue weighted by atomic mass is 10.0. The fourth-order valence-electron chi connectivity index (χ4n) is 1.15. The zero-order valence-electron chi connectivity index (χ0n) is 9.77. The Bertz CT molecular complexity index is 312. The second kappa shape index (κ2) is 5.07. The van der Waals surface area contributed by atoms with Gasteiger partial charge < -0.3 is 10.5 Å². The van der Waals surface area contributed by atoms with Gasteiger partial charge in [-0.1, -0.05) is 6.92 Å². The molecule has 0 spiro atoms. The second-order valence-corrected chi connectivity index (χ2v) is 4.10. The van der Waals surface area contributed by atoms with Crippen LogP contribution >= 0.6 is 0 Å². The summed E-state index contributed by atoms with van der Waals surface area (Å²) in [5.74, 6) is 0.753. The zero-order chi connectivity index (χ0) is 11.4. The minimum atomic E-state index is 0.0635. The van der Waals surface area contributed by atoms with Gasteiger partial charge in [-0.3, -0.25) is 4.98 Å². The third kappa shape index (κ3) is 3.47. The Morgan fingerprint density at radius 2 is 1.87 bits per heavy atom. The molecule has 1 rings (SSSR count). The van der Waals surface area contributed by atoms with Crippen molar-refractivity contribution in [3.63, 3.8) is 0 Å². The Balaban J connectivity index is 2.82. The van der Waals surface area contributed by atoms with E-state index in [4.69, 9.17) is 10.5 Å². The van der Waals surface area contributed by atoms with Gasteiger partial charge in [0.25, 0.3) is 0 Å². The highest BCUT2D eigenvalue weighted by Gasteiger charge is 2.13. The Kier molecular flexibility index (Phi) is 4.03. The molecule has 1 aromatic rings. The molecule has 0 bridgehead atoms. The summed E-state index contributed by atoms with van der Waals surface area (Å²) in [6, 6.07) is 0.0635. The van der Waals surface area contributed by atoms with Crippen molar-refractivity contribution < 1.29 is 4.74 Å². The van der Waals surface area contributed by atoms with Gasteiger partial charge in [0.2, 0.25) is 5.88 Å². The second-order valence-electron chi connectivity index (χ2n) is 4.10. The van der Waals surface area contributed by atoms with Crippen molar-refractivity contribution in [2.24, 2.45) is 5.73 Å². The molecular weight excluding hydrogens is 190 g/mol. The van der Waals surface area contributed by atoms with Crippen LogP contribution in [-0.4, -0.2) is 22.1 Å². The molecule has 1 heterocycles. The Morgan fingerprint density at radius 1 is 1.20 bits per heavy atom. The predicted octanol–water partition coefficient (Wildman–Crippen LogP) is 1.71. The summed E-state index contributed by atoms with van der Waals surface area (Å²) in [5.41, 5.74) is 6.69. The maximum Gasteiger partial charge on any atom is 0.232 e. The first-order chi connectivity index (χ1) is 7.00. The third-order valence-corrected chi connectivity index (χ3v) is 2.24. The molecule has 0 saturated carbocycles. The minimum Gasteiger partial charge on any atom is -0.474 e. The molecule has 0 radical (unpaired) electrons. The van der Waals surface area contributed by atoms with E-state index in [1.54, 1.807) is 12.4 Å². The topological polar surface area (TPSA) is 61.0 Å². The third-order valence-electron chi connectivity index (χ3n) is 2.24. The van der Waals surface area contributed by atoms with Gasteiger partial charge in [0.15, 0.2) is 0 Å². The number of nitrogens with two attached hydrogens (primary N) is 1. The first-order valence-corrected chi connectivity index (χ1v) is 5.25. The summed E-state index contributed by atoms with van der Waals surface area (Å²) in [6.45, 7) is 7.92. The van der Waals surface area contributed by atoms with Gasteiger partial charge in [0.05, 0.1) is 18.0 Å². The molecule has 0 aliphatic heterocycles. The number of aromatic nitrogens is 2. The highest BCUT2D eigenvalue weighted by atomic mass is 16.5. The van der Waals surface area contributed by atoms with Crippen LogP contribution in [0.1, 0.15) is 39.3 Å². The minimum absolute atomic E-state index is 0.0635. The normalized spacial score (nSPS) is 15.1. The van der Waals surface area contributed by atoms with Crippen molar-refractivity contribution in [2.45, 2.75) is 45.8 Å². The van der Waals surface area contributed by atoms with Crippen molar-refractivity contribution in [2.75, 3.05) is 0 Å². The van der Waals surface area contributed by atoms with Crippen molar-refractivity contribution >= 4 is 0 Å². The van der Waals surface area contributed by atoms with Crippen LogP contribution in [0.2, 0.25) is 0 Å². The van der Waals surface area contributed by atoms with Crippen molar-refractivity contribution in [3.8, 4) is 5.88 Å². The zero-order valence-corrected chi connectivity index (χ0v) is 9.77. The van der Waals surface area contributed by atoms with Crippen LogP contribution in [0.25, 0.3) is 0 Å². The van der Waals surface area contributed by atoms with Crippen LogP contribution in [-0.2, 0) is 0 Å². The Morgan fingerprint density at radius 3 is 2.40 bits per heavy atom. The Labute approximate surface area is 90.9 Å². The summed E-state index contributed by atoms with van der Waals surface area (Å²) in [5, 5.41) is 0. The van der Waals surface area contributed by atoms with E-state index in [1.165, 1.54) is 0 Å². The average molecular weight is 209 g/mol. The van der Waals surface area contributed by atoms with Crippen LogP contribution in [0.5, 0.6) is 5.88 Å². The summed E-state index contributed by atoms with van der Waals surface area (Å²) in [4.78, 5) is 8.47. The Hall–Kier alpha value is -1.16. The lowest BCUT2D eigenvalue weighted by molar-refractivity contribution is 0.230. The molecule has 4 heteroatoms. The SMILES string of the molecule is CC(C)Oc1cncc(C(C)C(C)N)n1. The molecular formula is C11H19N3O. The number of nitrogens with zero attached hydrogens (tertiary/aromatic N) is 2. The monoisotopic (exact) mass is 209 g/mol. The lowest BCUT2D eigenvalue weighted by Crippen LogP contribution is -2.23. The van der Waals surface area contributed by atoms with E-state index in [1.807, 2.05) is 27.7 Å². The van der Waals surface area contributed by atoms with E-state index in [9.17, 15) is 0 Å². The smallest absolute Gasteiger partial charge is 0.232 e. The molecule has 0 amide bonds. The lowest BCUT2D eigenvalue weighted by Gasteiger charge is -2.15. The van der Waals surface area contributed by atoms with Crippen molar-refractivity contribution in [1.29, 1.82) is 0 Å². The summed E-state index contributed by atoms with van der Waals surface area (Å²) in [6.07, 6.45) is 3.47. The molecule has 0 aliphatic carbocycles. The number of hydrogen-bond acceptors (Lipinski definition) is 4. The van der Waals surface area contributed by atoms with E-state index in [0.717, 1.165) is 5.69 Å². The van der Waals surface area contributed by atoms with E-state index < -0.39 is 0 Å². The van der Waals surface area contributed by atoms with Crippen LogP contribution in [0, 0.1) is 0 Å². The summed E-state index contributed by atoms with van der Waals surface area (Å²) >= 11 is 0. The van der Waals surface area contributed by atoms with E-state index in [0.29, 0.717) is 5.88 Å².